The fourth-order valence-electron chi connectivity index (χ4n) is 0.905. The second kappa shape index (κ2) is 3.76. The molecular weight excluding hydrogens is 218 g/mol. The molecule has 0 aliphatic rings. The number of hydrogen-bond donors (Lipinski definition) is 1. The molecule has 0 saturated carbocycles. The number of carbonyl (C=O) groups excluding carboxylic acids is 1. The quantitative estimate of drug-likeness (QED) is 0.777. The molecule has 0 fully saturated rings. The van der Waals surface area contributed by atoms with Gasteiger partial charge >= 0.3 is 6.36 Å². The van der Waals surface area contributed by atoms with Gasteiger partial charge in [-0.3, -0.25) is 4.79 Å². The number of carbonyl (C=O) groups is 1. The Morgan fingerprint density at radius 3 is 2.40 bits per heavy atom. The molecule has 0 bridgehead atoms. The lowest BCUT2D eigenvalue weighted by atomic mass is 10.2. The molecule has 82 valence electrons. The van der Waals surface area contributed by atoms with Crippen LogP contribution in [0.3, 0.4) is 0 Å². The highest BCUT2D eigenvalue weighted by molar-refractivity contribution is 5.93. The third-order valence-electron chi connectivity index (χ3n) is 1.45. The Bertz CT molecular complexity index is 389. The maximum atomic E-state index is 13.1. The van der Waals surface area contributed by atoms with Crippen molar-refractivity contribution in [2.75, 3.05) is 0 Å². The monoisotopic (exact) mass is 223 g/mol. The average molecular weight is 223 g/mol. The van der Waals surface area contributed by atoms with E-state index in [1.54, 1.807) is 0 Å². The van der Waals surface area contributed by atoms with Gasteiger partial charge in [0.1, 0.15) is 0 Å². The number of benzene rings is 1. The van der Waals surface area contributed by atoms with Crippen LogP contribution in [-0.4, -0.2) is 12.3 Å². The SMILES string of the molecule is NC(=O)c1cccc(OC(F)(F)F)c1F. The molecule has 0 aromatic heterocycles. The lowest BCUT2D eigenvalue weighted by Gasteiger charge is -2.10. The second-order valence-corrected chi connectivity index (χ2v) is 2.53. The van der Waals surface area contributed by atoms with Crippen molar-refractivity contribution in [3.05, 3.63) is 29.6 Å². The van der Waals surface area contributed by atoms with Crippen LogP contribution >= 0.6 is 0 Å². The lowest BCUT2D eigenvalue weighted by molar-refractivity contribution is -0.275. The van der Waals surface area contributed by atoms with E-state index in [9.17, 15) is 22.4 Å². The van der Waals surface area contributed by atoms with Gasteiger partial charge in [-0.05, 0) is 12.1 Å². The van der Waals surface area contributed by atoms with Gasteiger partial charge in [0, 0.05) is 0 Å². The molecule has 0 spiro atoms. The molecule has 0 aliphatic carbocycles. The number of alkyl halides is 3. The molecule has 1 rings (SSSR count). The maximum Gasteiger partial charge on any atom is 0.573 e. The van der Waals surface area contributed by atoms with E-state index in [0.29, 0.717) is 0 Å². The fourth-order valence-corrected chi connectivity index (χ4v) is 0.905. The Kier molecular flexibility index (Phi) is 2.83. The molecule has 1 aromatic rings. The highest BCUT2D eigenvalue weighted by Crippen LogP contribution is 2.26. The zero-order valence-corrected chi connectivity index (χ0v) is 7.14. The summed E-state index contributed by atoms with van der Waals surface area (Å²) < 4.78 is 51.7. The number of halogens is 4. The van der Waals surface area contributed by atoms with Gasteiger partial charge in [0.25, 0.3) is 5.91 Å². The van der Waals surface area contributed by atoms with Crippen LogP contribution in [0, 0.1) is 5.82 Å². The predicted octanol–water partition coefficient (Wildman–Crippen LogP) is 1.82. The van der Waals surface area contributed by atoms with Crippen molar-refractivity contribution in [3.8, 4) is 5.75 Å². The summed E-state index contributed by atoms with van der Waals surface area (Å²) in [5.41, 5.74) is 4.08. The molecule has 0 aliphatic heterocycles. The van der Waals surface area contributed by atoms with Crippen molar-refractivity contribution in [2.24, 2.45) is 5.73 Å². The van der Waals surface area contributed by atoms with Gasteiger partial charge in [-0.25, -0.2) is 4.39 Å². The van der Waals surface area contributed by atoms with Crippen molar-refractivity contribution < 1.29 is 27.1 Å². The molecule has 0 atom stereocenters. The van der Waals surface area contributed by atoms with E-state index in [4.69, 9.17) is 5.73 Å². The van der Waals surface area contributed by atoms with Crippen LogP contribution in [0.4, 0.5) is 17.6 Å². The third kappa shape index (κ3) is 2.83. The van der Waals surface area contributed by atoms with E-state index in [1.807, 2.05) is 0 Å². The Morgan fingerprint density at radius 2 is 1.93 bits per heavy atom. The summed E-state index contributed by atoms with van der Waals surface area (Å²) in [5.74, 6) is -3.68. The van der Waals surface area contributed by atoms with E-state index >= 15 is 0 Å². The first kappa shape index (κ1) is 11.3. The van der Waals surface area contributed by atoms with Crippen LogP contribution in [-0.2, 0) is 0 Å². The molecule has 7 heteroatoms. The molecule has 0 heterocycles. The van der Waals surface area contributed by atoms with E-state index in [-0.39, 0.29) is 0 Å². The summed E-state index contributed by atoms with van der Waals surface area (Å²) in [7, 11) is 0. The fraction of sp³-hybridized carbons (Fsp3) is 0.125. The van der Waals surface area contributed by atoms with Gasteiger partial charge in [-0.1, -0.05) is 6.07 Å². The van der Waals surface area contributed by atoms with Crippen molar-refractivity contribution in [1.82, 2.24) is 0 Å². The molecule has 0 unspecified atom stereocenters. The summed E-state index contributed by atoms with van der Waals surface area (Å²) in [6, 6.07) is 2.74. The van der Waals surface area contributed by atoms with Gasteiger partial charge < -0.3 is 10.5 Å². The average Bonchev–Trinajstić information content (AvgIpc) is 2.05. The smallest absolute Gasteiger partial charge is 0.403 e. The van der Waals surface area contributed by atoms with Crippen molar-refractivity contribution in [1.29, 1.82) is 0 Å². The van der Waals surface area contributed by atoms with Crippen molar-refractivity contribution >= 4 is 5.91 Å². The Labute approximate surface area is 81.4 Å². The molecule has 0 radical (unpaired) electrons. The molecule has 1 amide bonds. The summed E-state index contributed by atoms with van der Waals surface area (Å²) in [4.78, 5) is 10.6. The summed E-state index contributed by atoms with van der Waals surface area (Å²) >= 11 is 0. The maximum absolute atomic E-state index is 13.1. The highest BCUT2D eigenvalue weighted by Gasteiger charge is 2.33. The first-order chi connectivity index (χ1) is 6.81. The number of amides is 1. The molecule has 1 aromatic carbocycles. The van der Waals surface area contributed by atoms with E-state index in [0.717, 1.165) is 18.2 Å². The largest absolute Gasteiger partial charge is 0.573 e. The molecule has 15 heavy (non-hydrogen) atoms. The van der Waals surface area contributed by atoms with Gasteiger partial charge in [-0.2, -0.15) is 0 Å². The van der Waals surface area contributed by atoms with Gasteiger partial charge in [-0.15, -0.1) is 13.2 Å². The lowest BCUT2D eigenvalue weighted by Crippen LogP contribution is -2.20. The summed E-state index contributed by atoms with van der Waals surface area (Å²) in [6.45, 7) is 0. The van der Waals surface area contributed by atoms with Crippen LogP contribution in [0.2, 0.25) is 0 Å². The van der Waals surface area contributed by atoms with Crippen LogP contribution in [0.1, 0.15) is 10.4 Å². The number of rotatable bonds is 2. The summed E-state index contributed by atoms with van der Waals surface area (Å²) in [6.07, 6.45) is -5.02. The molecule has 0 saturated heterocycles. The van der Waals surface area contributed by atoms with Crippen LogP contribution in [0.5, 0.6) is 5.75 Å². The number of ether oxygens (including phenoxy) is 1. The van der Waals surface area contributed by atoms with Crippen LogP contribution < -0.4 is 10.5 Å². The van der Waals surface area contributed by atoms with E-state index < -0.39 is 29.4 Å². The Hall–Kier alpha value is -1.79. The van der Waals surface area contributed by atoms with Gasteiger partial charge in [0.05, 0.1) is 5.56 Å². The first-order valence-corrected chi connectivity index (χ1v) is 3.65. The van der Waals surface area contributed by atoms with Gasteiger partial charge in [0.2, 0.25) is 0 Å². The van der Waals surface area contributed by atoms with Crippen LogP contribution in [0.15, 0.2) is 18.2 Å². The zero-order valence-electron chi connectivity index (χ0n) is 7.14. The summed E-state index contributed by atoms with van der Waals surface area (Å²) in [5, 5.41) is 0. The minimum atomic E-state index is -5.02. The predicted molar refractivity (Wildman–Crippen MR) is 41.6 cm³/mol. The van der Waals surface area contributed by atoms with Crippen molar-refractivity contribution in [3.63, 3.8) is 0 Å². The topological polar surface area (TPSA) is 52.3 Å². The van der Waals surface area contributed by atoms with Gasteiger partial charge in [0.15, 0.2) is 11.6 Å². The number of hydrogen-bond acceptors (Lipinski definition) is 2. The van der Waals surface area contributed by atoms with E-state index in [1.165, 1.54) is 0 Å². The highest BCUT2D eigenvalue weighted by atomic mass is 19.4. The van der Waals surface area contributed by atoms with Crippen LogP contribution in [0.25, 0.3) is 0 Å². The second-order valence-electron chi connectivity index (χ2n) is 2.53. The Morgan fingerprint density at radius 1 is 1.33 bits per heavy atom. The normalized spacial score (nSPS) is 11.2. The van der Waals surface area contributed by atoms with E-state index in [2.05, 4.69) is 4.74 Å². The van der Waals surface area contributed by atoms with Crippen molar-refractivity contribution in [2.45, 2.75) is 6.36 Å². The Balaban J connectivity index is 3.10. The number of primary amides is 1. The number of nitrogens with two attached hydrogens (primary N) is 1. The third-order valence-corrected chi connectivity index (χ3v) is 1.45. The molecule has 3 nitrogen and oxygen atoms in total. The minimum absolute atomic E-state index is 0.656. The minimum Gasteiger partial charge on any atom is -0.403 e. The standard InChI is InChI=1S/C8H5F4NO2/c9-6-4(7(13)14)2-1-3-5(6)15-8(10,11)12/h1-3H,(H2,13,14). The first-order valence-electron chi connectivity index (χ1n) is 3.65. The zero-order chi connectivity index (χ0) is 11.6. The molecular formula is C8H5F4NO2. The molecule has 2 N–H and O–H groups in total.